The van der Waals surface area contributed by atoms with Gasteiger partial charge in [-0.2, -0.15) is 0 Å². The van der Waals surface area contributed by atoms with Crippen LogP contribution in [0.4, 0.5) is 16.2 Å². The van der Waals surface area contributed by atoms with E-state index in [2.05, 4.69) is 10.6 Å². The van der Waals surface area contributed by atoms with E-state index < -0.39 is 12.0 Å². The molecule has 1 saturated heterocycles. The number of carboxylic acid groups (broad SMARTS) is 1. The SMILES string of the molecule is COc1cc(CC(=O)N2C[C@H](OC)C[C@H]2COc2ccc(C(=O)O)cc2)ccc1NC(=O)Nc1ccccc1C. The number of para-hydroxylation sites is 1. The number of hydrogen-bond donors (Lipinski definition) is 3. The highest BCUT2D eigenvalue weighted by atomic mass is 16.5. The van der Waals surface area contributed by atoms with Crippen LogP contribution in [0.2, 0.25) is 0 Å². The van der Waals surface area contributed by atoms with E-state index in [-0.39, 0.29) is 36.6 Å². The lowest BCUT2D eigenvalue weighted by molar-refractivity contribution is -0.132. The number of nitrogens with one attached hydrogen (secondary N) is 2. The number of rotatable bonds is 10. The number of urea groups is 1. The maximum absolute atomic E-state index is 13.3. The fourth-order valence-corrected chi connectivity index (χ4v) is 4.61. The highest BCUT2D eigenvalue weighted by Crippen LogP contribution is 2.28. The van der Waals surface area contributed by atoms with Gasteiger partial charge in [0.15, 0.2) is 0 Å². The third-order valence-corrected chi connectivity index (χ3v) is 6.84. The van der Waals surface area contributed by atoms with Crippen LogP contribution in [0.15, 0.2) is 66.7 Å². The van der Waals surface area contributed by atoms with Gasteiger partial charge in [0, 0.05) is 19.3 Å². The predicted octanol–water partition coefficient (Wildman–Crippen LogP) is 4.58. The number of likely N-dealkylation sites (tertiary alicyclic amines) is 1. The molecule has 0 aliphatic carbocycles. The summed E-state index contributed by atoms with van der Waals surface area (Å²) >= 11 is 0. The topological polar surface area (TPSA) is 126 Å². The summed E-state index contributed by atoms with van der Waals surface area (Å²) in [6.45, 7) is 2.60. The number of aryl methyl sites for hydroxylation is 1. The van der Waals surface area contributed by atoms with Crippen molar-refractivity contribution in [1.82, 2.24) is 4.90 Å². The summed E-state index contributed by atoms with van der Waals surface area (Å²) in [5.41, 5.74) is 3.03. The van der Waals surface area contributed by atoms with Gasteiger partial charge in [-0.15, -0.1) is 0 Å². The zero-order valence-electron chi connectivity index (χ0n) is 22.7. The molecule has 3 aromatic carbocycles. The highest BCUT2D eigenvalue weighted by Gasteiger charge is 2.35. The summed E-state index contributed by atoms with van der Waals surface area (Å²) in [5, 5.41) is 14.7. The number of aromatic carboxylic acids is 1. The van der Waals surface area contributed by atoms with E-state index in [4.69, 9.17) is 19.3 Å². The van der Waals surface area contributed by atoms with Gasteiger partial charge in [-0.05, 0) is 66.9 Å². The maximum Gasteiger partial charge on any atom is 0.335 e. The Balaban J connectivity index is 1.39. The van der Waals surface area contributed by atoms with Crippen LogP contribution in [-0.4, -0.2) is 67.4 Å². The van der Waals surface area contributed by atoms with Crippen molar-refractivity contribution >= 4 is 29.3 Å². The van der Waals surface area contributed by atoms with Gasteiger partial charge >= 0.3 is 12.0 Å². The van der Waals surface area contributed by atoms with Crippen molar-refractivity contribution in [2.45, 2.75) is 31.9 Å². The van der Waals surface area contributed by atoms with E-state index in [1.54, 1.807) is 42.3 Å². The Morgan fingerprint density at radius 3 is 2.38 bits per heavy atom. The summed E-state index contributed by atoms with van der Waals surface area (Å²) in [5.74, 6) is -0.133. The van der Waals surface area contributed by atoms with Crippen molar-refractivity contribution in [2.75, 3.05) is 38.0 Å². The minimum Gasteiger partial charge on any atom is -0.495 e. The predicted molar refractivity (Wildman–Crippen MR) is 150 cm³/mol. The van der Waals surface area contributed by atoms with Gasteiger partial charge in [0.2, 0.25) is 5.91 Å². The van der Waals surface area contributed by atoms with E-state index in [9.17, 15) is 14.4 Å². The number of ether oxygens (including phenoxy) is 3. The minimum absolute atomic E-state index is 0.0885. The van der Waals surface area contributed by atoms with Crippen LogP contribution in [0, 0.1) is 6.92 Å². The molecule has 1 aliphatic rings. The molecule has 210 valence electrons. The Bertz CT molecular complexity index is 1360. The molecule has 10 nitrogen and oxygen atoms in total. The first-order valence-corrected chi connectivity index (χ1v) is 12.9. The molecule has 10 heteroatoms. The summed E-state index contributed by atoms with van der Waals surface area (Å²) in [6, 6.07) is 18.2. The molecule has 0 radical (unpaired) electrons. The normalized spacial score (nSPS) is 16.3. The van der Waals surface area contributed by atoms with Crippen molar-refractivity contribution in [3.05, 3.63) is 83.4 Å². The van der Waals surface area contributed by atoms with Crippen LogP contribution >= 0.6 is 0 Å². The molecule has 1 aliphatic heterocycles. The van der Waals surface area contributed by atoms with Gasteiger partial charge in [-0.1, -0.05) is 24.3 Å². The van der Waals surface area contributed by atoms with Gasteiger partial charge in [0.25, 0.3) is 0 Å². The number of hydrogen-bond acceptors (Lipinski definition) is 6. The number of amides is 3. The van der Waals surface area contributed by atoms with Crippen LogP contribution in [-0.2, 0) is 16.0 Å². The quantitative estimate of drug-likeness (QED) is 0.339. The molecule has 3 N–H and O–H groups in total. The number of carbonyl (C=O) groups is 3. The summed E-state index contributed by atoms with van der Waals surface area (Å²) in [7, 11) is 3.12. The fourth-order valence-electron chi connectivity index (χ4n) is 4.61. The van der Waals surface area contributed by atoms with Gasteiger partial charge in [0.05, 0.1) is 36.9 Å². The molecule has 0 bridgehead atoms. The summed E-state index contributed by atoms with van der Waals surface area (Å²) in [6.07, 6.45) is 0.643. The molecule has 0 unspecified atom stereocenters. The maximum atomic E-state index is 13.3. The Kier molecular flexibility index (Phi) is 9.23. The first-order chi connectivity index (χ1) is 19.3. The molecule has 0 aromatic heterocycles. The molecule has 1 fully saturated rings. The molecule has 3 amide bonds. The molecule has 0 saturated carbocycles. The molecule has 4 rings (SSSR count). The molecule has 0 spiro atoms. The van der Waals surface area contributed by atoms with E-state index >= 15 is 0 Å². The monoisotopic (exact) mass is 547 g/mol. The van der Waals surface area contributed by atoms with Gasteiger partial charge in [-0.3, -0.25) is 4.79 Å². The van der Waals surface area contributed by atoms with Crippen LogP contribution in [0.1, 0.15) is 27.9 Å². The molecular weight excluding hydrogens is 514 g/mol. The largest absolute Gasteiger partial charge is 0.495 e. The van der Waals surface area contributed by atoms with E-state index in [1.807, 2.05) is 31.2 Å². The third kappa shape index (κ3) is 7.09. The first kappa shape index (κ1) is 28.4. The standard InChI is InChI=1S/C30H33N3O7/c1-19-6-4-5-7-25(19)31-30(37)32-26-13-8-20(14-27(26)39-3)15-28(34)33-17-24(38-2)16-22(33)18-40-23-11-9-21(10-12-23)29(35)36/h4-14,22,24H,15-18H2,1-3H3,(H,35,36)(H2,31,32,37)/t22-,24+/m0/s1. The summed E-state index contributed by atoms with van der Waals surface area (Å²) < 4.78 is 16.9. The number of carbonyl (C=O) groups excluding carboxylic acids is 2. The molecule has 2 atom stereocenters. The number of nitrogens with zero attached hydrogens (tertiary/aromatic N) is 1. The highest BCUT2D eigenvalue weighted by molar-refractivity contribution is 6.01. The number of methoxy groups -OCH3 is 2. The van der Waals surface area contributed by atoms with Crippen LogP contribution in [0.5, 0.6) is 11.5 Å². The van der Waals surface area contributed by atoms with E-state index in [1.165, 1.54) is 19.2 Å². The zero-order chi connectivity index (χ0) is 28.6. The molecule has 3 aromatic rings. The zero-order valence-corrected chi connectivity index (χ0v) is 22.7. The minimum atomic E-state index is -1.01. The number of anilines is 2. The molecule has 40 heavy (non-hydrogen) atoms. The lowest BCUT2D eigenvalue weighted by atomic mass is 10.1. The van der Waals surface area contributed by atoms with Crippen molar-refractivity contribution in [3.63, 3.8) is 0 Å². The van der Waals surface area contributed by atoms with E-state index in [0.717, 1.165) is 11.1 Å². The second-order valence-corrected chi connectivity index (χ2v) is 9.54. The Hall–Kier alpha value is -4.57. The number of carboxylic acids is 1. The van der Waals surface area contributed by atoms with Crippen LogP contribution < -0.4 is 20.1 Å². The first-order valence-electron chi connectivity index (χ1n) is 12.9. The lowest BCUT2D eigenvalue weighted by Gasteiger charge is -2.25. The molecule has 1 heterocycles. The fraction of sp³-hybridized carbons (Fsp3) is 0.300. The second kappa shape index (κ2) is 13.0. The Morgan fingerprint density at radius 1 is 0.975 bits per heavy atom. The van der Waals surface area contributed by atoms with Crippen LogP contribution in [0.3, 0.4) is 0 Å². The smallest absolute Gasteiger partial charge is 0.335 e. The average Bonchev–Trinajstić information content (AvgIpc) is 3.38. The van der Waals surface area contributed by atoms with Crippen molar-refractivity contribution in [3.8, 4) is 11.5 Å². The Labute approximate surface area is 232 Å². The van der Waals surface area contributed by atoms with Crippen molar-refractivity contribution in [2.24, 2.45) is 0 Å². The Morgan fingerprint density at radius 2 is 1.70 bits per heavy atom. The average molecular weight is 548 g/mol. The summed E-state index contributed by atoms with van der Waals surface area (Å²) in [4.78, 5) is 38.7. The van der Waals surface area contributed by atoms with Crippen molar-refractivity contribution < 1.29 is 33.7 Å². The third-order valence-electron chi connectivity index (χ3n) is 6.84. The molecular formula is C30H33N3O7. The second-order valence-electron chi connectivity index (χ2n) is 9.54. The lowest BCUT2D eigenvalue weighted by Crippen LogP contribution is -2.40. The van der Waals surface area contributed by atoms with Crippen LogP contribution in [0.25, 0.3) is 0 Å². The van der Waals surface area contributed by atoms with Gasteiger partial charge in [-0.25, -0.2) is 9.59 Å². The van der Waals surface area contributed by atoms with Gasteiger partial charge < -0.3 is 34.9 Å². The van der Waals surface area contributed by atoms with Gasteiger partial charge in [0.1, 0.15) is 18.1 Å². The van der Waals surface area contributed by atoms with E-state index in [0.29, 0.717) is 35.8 Å². The van der Waals surface area contributed by atoms with Crippen molar-refractivity contribution in [1.29, 1.82) is 0 Å². The number of benzene rings is 3.